The van der Waals surface area contributed by atoms with Gasteiger partial charge in [-0.2, -0.15) is 0 Å². The van der Waals surface area contributed by atoms with Crippen molar-refractivity contribution < 1.29 is 9.84 Å². The SMILES string of the molecule is COc1ccc(C(=N)c2c(N)ncnc2NC2Cc3ccccc3C2)cc1O. The Morgan fingerprint density at radius 3 is 2.54 bits per heavy atom. The number of hydrogen-bond acceptors (Lipinski definition) is 7. The summed E-state index contributed by atoms with van der Waals surface area (Å²) in [4.78, 5) is 8.39. The molecule has 0 bridgehead atoms. The van der Waals surface area contributed by atoms with Gasteiger partial charge in [0.05, 0.1) is 18.4 Å². The summed E-state index contributed by atoms with van der Waals surface area (Å²) in [7, 11) is 1.48. The molecule has 7 nitrogen and oxygen atoms in total. The minimum absolute atomic E-state index is 0.0408. The van der Waals surface area contributed by atoms with Crippen molar-refractivity contribution in [1.82, 2.24) is 9.97 Å². The maximum Gasteiger partial charge on any atom is 0.160 e. The van der Waals surface area contributed by atoms with E-state index in [0.717, 1.165) is 12.8 Å². The number of nitrogen functional groups attached to an aromatic ring is 1. The fraction of sp³-hybridized carbons (Fsp3) is 0.190. The van der Waals surface area contributed by atoms with Gasteiger partial charge in [-0.3, -0.25) is 5.41 Å². The Morgan fingerprint density at radius 1 is 1.18 bits per heavy atom. The lowest BCUT2D eigenvalue weighted by Crippen LogP contribution is -2.23. The smallest absolute Gasteiger partial charge is 0.160 e. The first-order valence-corrected chi connectivity index (χ1v) is 8.97. The summed E-state index contributed by atoms with van der Waals surface area (Å²) in [6, 6.07) is 13.3. The van der Waals surface area contributed by atoms with Crippen LogP contribution in [0.2, 0.25) is 0 Å². The first-order chi connectivity index (χ1) is 13.6. The van der Waals surface area contributed by atoms with Gasteiger partial charge in [-0.15, -0.1) is 0 Å². The number of benzene rings is 2. The maximum atomic E-state index is 10.1. The van der Waals surface area contributed by atoms with Crippen molar-refractivity contribution in [2.45, 2.75) is 18.9 Å². The van der Waals surface area contributed by atoms with Crippen LogP contribution in [0, 0.1) is 5.41 Å². The lowest BCUT2D eigenvalue weighted by molar-refractivity contribution is 0.373. The number of phenolic OH excluding ortho intramolecular Hbond substituents is 1. The molecule has 0 aliphatic heterocycles. The quantitative estimate of drug-likeness (QED) is 0.510. The van der Waals surface area contributed by atoms with Gasteiger partial charge in [0.15, 0.2) is 11.5 Å². The van der Waals surface area contributed by atoms with Gasteiger partial charge < -0.3 is 20.9 Å². The van der Waals surface area contributed by atoms with E-state index in [1.807, 2.05) is 12.1 Å². The molecule has 0 saturated carbocycles. The molecule has 0 amide bonds. The second kappa shape index (κ2) is 7.19. The van der Waals surface area contributed by atoms with E-state index in [2.05, 4.69) is 27.4 Å². The molecule has 0 radical (unpaired) electrons. The van der Waals surface area contributed by atoms with Gasteiger partial charge in [0.2, 0.25) is 0 Å². The van der Waals surface area contributed by atoms with Crippen LogP contribution in [0.3, 0.4) is 0 Å². The largest absolute Gasteiger partial charge is 0.504 e. The Labute approximate surface area is 162 Å². The molecule has 28 heavy (non-hydrogen) atoms. The zero-order valence-electron chi connectivity index (χ0n) is 15.4. The number of hydrogen-bond donors (Lipinski definition) is 4. The molecular formula is C21H21N5O2. The van der Waals surface area contributed by atoms with E-state index < -0.39 is 0 Å². The highest BCUT2D eigenvalue weighted by atomic mass is 16.5. The van der Waals surface area contributed by atoms with E-state index in [1.54, 1.807) is 12.1 Å². The van der Waals surface area contributed by atoms with E-state index in [1.165, 1.54) is 30.6 Å². The Bertz CT molecular complexity index is 1030. The van der Waals surface area contributed by atoms with Crippen LogP contribution in [0.25, 0.3) is 0 Å². The number of aromatic nitrogens is 2. The van der Waals surface area contributed by atoms with Crippen LogP contribution in [0.15, 0.2) is 48.8 Å². The molecule has 0 unspecified atom stereocenters. The highest BCUT2D eigenvalue weighted by molar-refractivity contribution is 6.16. The van der Waals surface area contributed by atoms with Gasteiger partial charge in [-0.05, 0) is 42.2 Å². The summed E-state index contributed by atoms with van der Waals surface area (Å²) in [5.41, 5.74) is 9.78. The first-order valence-electron chi connectivity index (χ1n) is 8.97. The second-order valence-electron chi connectivity index (χ2n) is 6.76. The molecule has 142 valence electrons. The van der Waals surface area contributed by atoms with E-state index in [4.69, 9.17) is 15.9 Å². The summed E-state index contributed by atoms with van der Waals surface area (Å²) in [5, 5.41) is 22.1. The topological polar surface area (TPSA) is 117 Å². The predicted molar refractivity (Wildman–Crippen MR) is 108 cm³/mol. The summed E-state index contributed by atoms with van der Waals surface area (Å²) in [5.74, 6) is 1.04. The number of phenols is 1. The highest BCUT2D eigenvalue weighted by Gasteiger charge is 2.24. The predicted octanol–water partition coefficient (Wildman–Crippen LogP) is 2.77. The van der Waals surface area contributed by atoms with Crippen LogP contribution < -0.4 is 15.8 Å². The van der Waals surface area contributed by atoms with E-state index in [0.29, 0.717) is 22.7 Å². The molecular weight excluding hydrogens is 354 g/mol. The van der Waals surface area contributed by atoms with Gasteiger partial charge in [0.25, 0.3) is 0 Å². The number of nitrogens with two attached hydrogens (primary N) is 1. The van der Waals surface area contributed by atoms with Crippen molar-refractivity contribution in [2.24, 2.45) is 0 Å². The van der Waals surface area contributed by atoms with Gasteiger partial charge in [-0.25, -0.2) is 9.97 Å². The minimum atomic E-state index is -0.0408. The van der Waals surface area contributed by atoms with E-state index >= 15 is 0 Å². The zero-order valence-corrected chi connectivity index (χ0v) is 15.4. The molecule has 1 aromatic heterocycles. The Hall–Kier alpha value is -3.61. The lowest BCUT2D eigenvalue weighted by Gasteiger charge is -2.18. The summed E-state index contributed by atoms with van der Waals surface area (Å²) >= 11 is 0. The van der Waals surface area contributed by atoms with E-state index in [-0.39, 0.29) is 23.3 Å². The maximum absolute atomic E-state index is 10.1. The number of fused-ring (bicyclic) bond motifs is 1. The van der Waals surface area contributed by atoms with Crippen LogP contribution in [0.5, 0.6) is 11.5 Å². The number of ether oxygens (including phenoxy) is 1. The number of anilines is 2. The average molecular weight is 375 g/mol. The lowest BCUT2D eigenvalue weighted by atomic mass is 10.0. The van der Waals surface area contributed by atoms with Crippen LogP contribution in [-0.2, 0) is 12.8 Å². The van der Waals surface area contributed by atoms with Crippen molar-refractivity contribution in [3.63, 3.8) is 0 Å². The van der Waals surface area contributed by atoms with Gasteiger partial charge in [0, 0.05) is 11.6 Å². The standard InChI is InChI=1S/C21H21N5O2/c1-28-17-7-6-14(10-16(17)27)19(22)18-20(23)24-11-25-21(18)26-15-8-12-4-2-3-5-13(12)9-15/h2-7,10-11,15,22,27H,8-9H2,1H3,(H3,23,24,25,26). The van der Waals surface area contributed by atoms with Gasteiger partial charge in [-0.1, -0.05) is 24.3 Å². The molecule has 2 aromatic carbocycles. The third kappa shape index (κ3) is 3.22. The molecule has 0 saturated heterocycles. The first kappa shape index (κ1) is 17.8. The number of nitrogens with one attached hydrogen (secondary N) is 2. The molecule has 0 spiro atoms. The third-order valence-electron chi connectivity index (χ3n) is 4.99. The van der Waals surface area contributed by atoms with Gasteiger partial charge >= 0.3 is 0 Å². The molecule has 1 aliphatic carbocycles. The fourth-order valence-electron chi connectivity index (χ4n) is 3.60. The number of nitrogens with zero attached hydrogens (tertiary/aromatic N) is 2. The minimum Gasteiger partial charge on any atom is -0.504 e. The fourth-order valence-corrected chi connectivity index (χ4v) is 3.60. The molecule has 0 fully saturated rings. The number of methoxy groups -OCH3 is 1. The van der Waals surface area contributed by atoms with Crippen LogP contribution in [0.1, 0.15) is 22.3 Å². The second-order valence-corrected chi connectivity index (χ2v) is 6.76. The average Bonchev–Trinajstić information content (AvgIpc) is 3.10. The normalized spacial score (nSPS) is 13.2. The summed E-state index contributed by atoms with van der Waals surface area (Å²) in [6.45, 7) is 0. The molecule has 3 aromatic rings. The number of rotatable bonds is 5. The van der Waals surface area contributed by atoms with Gasteiger partial charge in [0.1, 0.15) is 18.0 Å². The van der Waals surface area contributed by atoms with Crippen LogP contribution in [-0.4, -0.2) is 33.9 Å². The summed E-state index contributed by atoms with van der Waals surface area (Å²) < 4.78 is 5.07. The number of aromatic hydroxyl groups is 1. The van der Waals surface area contributed by atoms with Crippen molar-refractivity contribution in [2.75, 3.05) is 18.2 Å². The van der Waals surface area contributed by atoms with Crippen molar-refractivity contribution >= 4 is 17.3 Å². The molecule has 5 N–H and O–H groups in total. The Balaban J connectivity index is 1.63. The third-order valence-corrected chi connectivity index (χ3v) is 4.99. The highest BCUT2D eigenvalue weighted by Crippen LogP contribution is 2.30. The van der Waals surface area contributed by atoms with Crippen molar-refractivity contribution in [1.29, 1.82) is 5.41 Å². The molecule has 4 rings (SSSR count). The van der Waals surface area contributed by atoms with Crippen molar-refractivity contribution in [3.8, 4) is 11.5 Å². The van der Waals surface area contributed by atoms with Crippen LogP contribution in [0.4, 0.5) is 11.6 Å². The van der Waals surface area contributed by atoms with Crippen molar-refractivity contribution in [3.05, 3.63) is 71.0 Å². The monoisotopic (exact) mass is 375 g/mol. The molecule has 7 heteroatoms. The zero-order chi connectivity index (χ0) is 19.7. The molecule has 1 aliphatic rings. The Morgan fingerprint density at radius 2 is 1.89 bits per heavy atom. The summed E-state index contributed by atoms with van der Waals surface area (Å²) in [6.07, 6.45) is 3.16. The molecule has 0 atom stereocenters. The Kier molecular flexibility index (Phi) is 4.57. The van der Waals surface area contributed by atoms with E-state index in [9.17, 15) is 5.11 Å². The van der Waals surface area contributed by atoms with Crippen LogP contribution >= 0.6 is 0 Å². The molecule has 1 heterocycles.